The summed E-state index contributed by atoms with van der Waals surface area (Å²) in [4.78, 5) is 8.73. The summed E-state index contributed by atoms with van der Waals surface area (Å²) in [5.41, 5.74) is 7.02. The molecule has 1 aromatic carbocycles. The van der Waals surface area contributed by atoms with Gasteiger partial charge >= 0.3 is 0 Å². The lowest BCUT2D eigenvalue weighted by atomic mass is 9.99. The van der Waals surface area contributed by atoms with E-state index in [1.54, 1.807) is 19.1 Å². The molecule has 7 nitrogen and oxygen atoms in total. The van der Waals surface area contributed by atoms with Crippen molar-refractivity contribution in [2.75, 3.05) is 0 Å². The molecule has 0 unspecified atom stereocenters. The third kappa shape index (κ3) is 4.01. The van der Waals surface area contributed by atoms with E-state index in [0.29, 0.717) is 47.4 Å². The van der Waals surface area contributed by atoms with E-state index in [0.717, 1.165) is 25.7 Å². The smallest absolute Gasteiger partial charge is 0.227 e. The minimum atomic E-state index is -0.463. The number of nitrogens with two attached hydrogens (primary N) is 1. The second-order valence-corrected chi connectivity index (χ2v) is 6.85. The highest BCUT2D eigenvalue weighted by molar-refractivity contribution is 5.85. The van der Waals surface area contributed by atoms with Crippen molar-refractivity contribution in [2.45, 2.75) is 51.0 Å². The molecule has 0 atom stereocenters. The Morgan fingerprint density at radius 1 is 1.07 bits per heavy atom. The minimum Gasteiger partial charge on any atom is -0.339 e. The standard InChI is InChI=1S/C18H20FN5O2.ClH/c1-11-4-5-12(10-13(11)19)16-21-14(25-23-16)6-7-15-22-17(24-26-15)18(20)8-2-3-9-18;/h4-5,10H,2-3,6-9,20H2,1H3;1H. The van der Waals surface area contributed by atoms with Gasteiger partial charge in [0.1, 0.15) is 5.82 Å². The van der Waals surface area contributed by atoms with Crippen LogP contribution in [0.15, 0.2) is 27.2 Å². The summed E-state index contributed by atoms with van der Waals surface area (Å²) in [6, 6.07) is 4.85. The molecule has 2 N–H and O–H groups in total. The second-order valence-electron chi connectivity index (χ2n) is 6.85. The molecular formula is C18H21ClFN5O2. The van der Waals surface area contributed by atoms with Crippen molar-refractivity contribution in [3.63, 3.8) is 0 Å². The van der Waals surface area contributed by atoms with Gasteiger partial charge in [-0.25, -0.2) is 4.39 Å². The first-order valence-corrected chi connectivity index (χ1v) is 8.74. The highest BCUT2D eigenvalue weighted by Crippen LogP contribution is 2.34. The Labute approximate surface area is 161 Å². The summed E-state index contributed by atoms with van der Waals surface area (Å²) >= 11 is 0. The number of aromatic nitrogens is 4. The Balaban J connectivity index is 0.00000210. The summed E-state index contributed by atoms with van der Waals surface area (Å²) in [6.45, 7) is 1.70. The molecule has 0 amide bonds. The molecule has 1 aliphatic carbocycles. The molecular weight excluding hydrogens is 373 g/mol. The van der Waals surface area contributed by atoms with Gasteiger partial charge in [0.2, 0.25) is 17.6 Å². The fraction of sp³-hybridized carbons (Fsp3) is 0.444. The molecule has 3 aromatic rings. The van der Waals surface area contributed by atoms with Gasteiger partial charge in [-0.1, -0.05) is 35.3 Å². The predicted octanol–water partition coefficient (Wildman–Crippen LogP) is 3.50. The third-order valence-electron chi connectivity index (χ3n) is 4.86. The Hall–Kier alpha value is -2.32. The maximum atomic E-state index is 13.7. The zero-order chi connectivity index (χ0) is 18.1. The highest BCUT2D eigenvalue weighted by atomic mass is 35.5. The van der Waals surface area contributed by atoms with Crippen LogP contribution in [-0.4, -0.2) is 20.3 Å². The lowest BCUT2D eigenvalue weighted by molar-refractivity contribution is 0.339. The molecule has 2 heterocycles. The van der Waals surface area contributed by atoms with Crippen LogP contribution >= 0.6 is 12.4 Å². The van der Waals surface area contributed by atoms with Crippen LogP contribution in [0.25, 0.3) is 11.4 Å². The largest absolute Gasteiger partial charge is 0.339 e. The van der Waals surface area contributed by atoms with E-state index in [9.17, 15) is 4.39 Å². The Morgan fingerprint density at radius 3 is 2.44 bits per heavy atom. The van der Waals surface area contributed by atoms with Gasteiger partial charge in [-0.2, -0.15) is 9.97 Å². The fourth-order valence-corrected chi connectivity index (χ4v) is 3.21. The van der Waals surface area contributed by atoms with Crippen LogP contribution < -0.4 is 5.73 Å². The van der Waals surface area contributed by atoms with Crippen LogP contribution in [0.4, 0.5) is 4.39 Å². The van der Waals surface area contributed by atoms with Crippen molar-refractivity contribution in [3.05, 3.63) is 47.2 Å². The molecule has 0 bridgehead atoms. The normalized spacial score (nSPS) is 15.7. The van der Waals surface area contributed by atoms with Crippen LogP contribution in [-0.2, 0) is 18.4 Å². The van der Waals surface area contributed by atoms with E-state index in [2.05, 4.69) is 20.3 Å². The molecule has 1 fully saturated rings. The molecule has 0 spiro atoms. The Bertz CT molecular complexity index is 920. The van der Waals surface area contributed by atoms with Crippen LogP contribution in [0.3, 0.4) is 0 Å². The van der Waals surface area contributed by atoms with Gasteiger partial charge < -0.3 is 14.8 Å². The zero-order valence-electron chi connectivity index (χ0n) is 14.9. The third-order valence-corrected chi connectivity index (χ3v) is 4.86. The molecule has 4 rings (SSSR count). The maximum Gasteiger partial charge on any atom is 0.227 e. The van der Waals surface area contributed by atoms with Crippen LogP contribution in [0, 0.1) is 12.7 Å². The number of hydrogen-bond acceptors (Lipinski definition) is 7. The predicted molar refractivity (Wildman–Crippen MR) is 97.7 cm³/mol. The number of halogens is 2. The molecule has 144 valence electrons. The lowest BCUT2D eigenvalue weighted by Crippen LogP contribution is -2.34. The van der Waals surface area contributed by atoms with E-state index in [4.69, 9.17) is 14.8 Å². The van der Waals surface area contributed by atoms with E-state index in [1.165, 1.54) is 6.07 Å². The number of rotatable bonds is 5. The van der Waals surface area contributed by atoms with Crippen molar-refractivity contribution in [1.82, 2.24) is 20.3 Å². The number of hydrogen-bond donors (Lipinski definition) is 1. The quantitative estimate of drug-likeness (QED) is 0.707. The first-order valence-electron chi connectivity index (χ1n) is 8.74. The van der Waals surface area contributed by atoms with E-state index < -0.39 is 5.54 Å². The van der Waals surface area contributed by atoms with Gasteiger partial charge in [-0.05, 0) is 31.4 Å². The van der Waals surface area contributed by atoms with Gasteiger partial charge in [-0.3, -0.25) is 0 Å². The summed E-state index contributed by atoms with van der Waals surface area (Å²) in [5, 5.41) is 7.94. The zero-order valence-corrected chi connectivity index (χ0v) is 15.8. The van der Waals surface area contributed by atoms with E-state index in [-0.39, 0.29) is 18.2 Å². The first kappa shape index (κ1) is 19.4. The summed E-state index contributed by atoms with van der Waals surface area (Å²) in [5.74, 6) is 1.57. The van der Waals surface area contributed by atoms with Crippen LogP contribution in [0.1, 0.15) is 48.9 Å². The molecule has 0 saturated heterocycles. The number of aryl methyl sites for hydroxylation is 3. The number of nitrogens with zero attached hydrogens (tertiary/aromatic N) is 4. The molecule has 9 heteroatoms. The summed E-state index contributed by atoms with van der Waals surface area (Å²) < 4.78 is 24.2. The van der Waals surface area contributed by atoms with Crippen molar-refractivity contribution >= 4 is 12.4 Å². The Kier molecular flexibility index (Phi) is 5.57. The monoisotopic (exact) mass is 393 g/mol. The first-order chi connectivity index (χ1) is 12.5. The van der Waals surface area contributed by atoms with Crippen molar-refractivity contribution in [1.29, 1.82) is 0 Å². The van der Waals surface area contributed by atoms with Gasteiger partial charge in [0.25, 0.3) is 0 Å². The second kappa shape index (κ2) is 7.74. The average Bonchev–Trinajstić information content (AvgIpc) is 3.36. The average molecular weight is 394 g/mol. The summed E-state index contributed by atoms with van der Waals surface area (Å²) in [7, 11) is 0. The van der Waals surface area contributed by atoms with Crippen LogP contribution in [0.5, 0.6) is 0 Å². The van der Waals surface area contributed by atoms with Gasteiger partial charge in [0.05, 0.1) is 5.54 Å². The van der Waals surface area contributed by atoms with E-state index in [1.807, 2.05) is 0 Å². The molecule has 1 saturated carbocycles. The Morgan fingerprint density at radius 2 is 1.74 bits per heavy atom. The minimum absolute atomic E-state index is 0. The van der Waals surface area contributed by atoms with E-state index >= 15 is 0 Å². The van der Waals surface area contributed by atoms with Crippen LogP contribution in [0.2, 0.25) is 0 Å². The number of benzene rings is 1. The van der Waals surface area contributed by atoms with Gasteiger partial charge in [0, 0.05) is 18.4 Å². The van der Waals surface area contributed by atoms with Crippen molar-refractivity contribution in [3.8, 4) is 11.4 Å². The lowest BCUT2D eigenvalue weighted by Gasteiger charge is -2.17. The highest BCUT2D eigenvalue weighted by Gasteiger charge is 2.35. The van der Waals surface area contributed by atoms with Gasteiger partial charge in [0.15, 0.2) is 5.82 Å². The topological polar surface area (TPSA) is 104 Å². The SMILES string of the molecule is Cc1ccc(-c2noc(CCc3nc(C4(N)CCCC4)no3)n2)cc1F.Cl. The summed E-state index contributed by atoms with van der Waals surface area (Å²) in [6.07, 6.45) is 4.88. The fourth-order valence-electron chi connectivity index (χ4n) is 3.21. The molecule has 0 radical (unpaired) electrons. The van der Waals surface area contributed by atoms with Crippen molar-refractivity contribution < 1.29 is 13.4 Å². The molecule has 27 heavy (non-hydrogen) atoms. The maximum absolute atomic E-state index is 13.7. The molecule has 0 aliphatic heterocycles. The van der Waals surface area contributed by atoms with Crippen molar-refractivity contribution in [2.24, 2.45) is 5.73 Å². The molecule has 1 aliphatic rings. The van der Waals surface area contributed by atoms with Gasteiger partial charge in [-0.15, -0.1) is 12.4 Å². The molecule has 2 aromatic heterocycles.